The molecule has 0 spiro atoms. The SMILES string of the molecule is Cc1ccc(C(=O)CC2CN(c3ccc(-c4ccccc4F)cc3)C2)cn1. The second kappa shape index (κ2) is 7.31. The van der Waals surface area contributed by atoms with Crippen LogP contribution in [-0.2, 0) is 0 Å². The maximum atomic E-state index is 13.9. The van der Waals surface area contributed by atoms with Crippen LogP contribution in [0.4, 0.5) is 10.1 Å². The van der Waals surface area contributed by atoms with E-state index >= 15 is 0 Å². The number of aryl methyl sites for hydroxylation is 1. The summed E-state index contributed by atoms with van der Waals surface area (Å²) in [4.78, 5) is 18.8. The van der Waals surface area contributed by atoms with Gasteiger partial charge in [-0.15, -0.1) is 0 Å². The van der Waals surface area contributed by atoms with Gasteiger partial charge in [0.25, 0.3) is 0 Å². The molecule has 27 heavy (non-hydrogen) atoms. The summed E-state index contributed by atoms with van der Waals surface area (Å²) in [6, 6.07) is 18.5. The Kier molecular flexibility index (Phi) is 4.71. The van der Waals surface area contributed by atoms with E-state index in [2.05, 4.69) is 9.88 Å². The number of ketones is 1. The van der Waals surface area contributed by atoms with Crippen LogP contribution < -0.4 is 4.90 Å². The van der Waals surface area contributed by atoms with E-state index in [9.17, 15) is 9.18 Å². The molecule has 1 aliphatic rings. The molecule has 0 amide bonds. The molecule has 0 unspecified atom stereocenters. The summed E-state index contributed by atoms with van der Waals surface area (Å²) < 4.78 is 13.9. The average Bonchev–Trinajstić information content (AvgIpc) is 2.65. The maximum Gasteiger partial charge on any atom is 0.164 e. The standard InChI is InChI=1S/C23H21FN2O/c1-16-6-7-19(13-25-16)23(27)12-17-14-26(15-17)20-10-8-18(9-11-20)21-4-2-3-5-22(21)24/h2-11,13,17H,12,14-15H2,1H3. The van der Waals surface area contributed by atoms with E-state index in [0.29, 0.717) is 23.5 Å². The zero-order chi connectivity index (χ0) is 18.8. The Morgan fingerprint density at radius 2 is 1.81 bits per heavy atom. The maximum absolute atomic E-state index is 13.9. The van der Waals surface area contributed by atoms with Crippen molar-refractivity contribution in [2.45, 2.75) is 13.3 Å². The molecule has 3 nitrogen and oxygen atoms in total. The number of carbonyl (C=O) groups is 1. The predicted molar refractivity (Wildman–Crippen MR) is 105 cm³/mol. The van der Waals surface area contributed by atoms with E-state index in [4.69, 9.17) is 0 Å². The molecule has 3 aromatic rings. The molecule has 0 saturated carbocycles. The van der Waals surface area contributed by atoms with Gasteiger partial charge < -0.3 is 4.90 Å². The lowest BCUT2D eigenvalue weighted by Gasteiger charge is -2.41. The summed E-state index contributed by atoms with van der Waals surface area (Å²) in [5.74, 6) is 0.311. The first-order valence-electron chi connectivity index (χ1n) is 9.16. The number of carbonyl (C=O) groups excluding carboxylic acids is 1. The van der Waals surface area contributed by atoms with E-state index in [0.717, 1.165) is 30.0 Å². The fourth-order valence-electron chi connectivity index (χ4n) is 3.47. The minimum absolute atomic E-state index is 0.155. The van der Waals surface area contributed by atoms with Crippen molar-refractivity contribution < 1.29 is 9.18 Å². The highest BCUT2D eigenvalue weighted by atomic mass is 19.1. The summed E-state index contributed by atoms with van der Waals surface area (Å²) in [5, 5.41) is 0. The van der Waals surface area contributed by atoms with Crippen molar-refractivity contribution in [2.24, 2.45) is 5.92 Å². The first-order chi connectivity index (χ1) is 13.1. The minimum Gasteiger partial charge on any atom is -0.371 e. The van der Waals surface area contributed by atoms with Crippen molar-refractivity contribution >= 4 is 11.5 Å². The van der Waals surface area contributed by atoms with Gasteiger partial charge in [-0.05, 0) is 42.8 Å². The summed E-state index contributed by atoms with van der Waals surface area (Å²) in [6.45, 7) is 3.64. The molecule has 0 radical (unpaired) electrons. The Morgan fingerprint density at radius 1 is 1.07 bits per heavy atom. The number of aromatic nitrogens is 1. The van der Waals surface area contributed by atoms with E-state index in [1.807, 2.05) is 49.4 Å². The van der Waals surface area contributed by atoms with Crippen molar-refractivity contribution in [1.82, 2.24) is 4.98 Å². The second-order valence-electron chi connectivity index (χ2n) is 7.11. The highest BCUT2D eigenvalue weighted by molar-refractivity contribution is 5.96. The molecule has 4 heteroatoms. The summed E-state index contributed by atoms with van der Waals surface area (Å²) >= 11 is 0. The number of halogens is 1. The molecule has 1 aliphatic heterocycles. The van der Waals surface area contributed by atoms with Gasteiger partial charge >= 0.3 is 0 Å². The fraction of sp³-hybridized carbons (Fsp3) is 0.217. The first kappa shape index (κ1) is 17.4. The highest BCUT2D eigenvalue weighted by Gasteiger charge is 2.29. The zero-order valence-corrected chi connectivity index (χ0v) is 15.2. The molecule has 0 aliphatic carbocycles. The van der Waals surface area contributed by atoms with Crippen LogP contribution in [0.5, 0.6) is 0 Å². The number of hydrogen-bond acceptors (Lipinski definition) is 3. The third kappa shape index (κ3) is 3.75. The Morgan fingerprint density at radius 3 is 2.48 bits per heavy atom. The van der Waals surface area contributed by atoms with Gasteiger partial charge in [0, 0.05) is 54.1 Å². The molecular formula is C23H21FN2O. The Hall–Kier alpha value is -3.01. The van der Waals surface area contributed by atoms with Gasteiger partial charge in [-0.1, -0.05) is 30.3 Å². The number of Topliss-reactive ketones (excluding diaryl/α,β-unsaturated/α-hetero) is 1. The normalized spacial score (nSPS) is 14.1. The monoisotopic (exact) mass is 360 g/mol. The molecule has 0 bridgehead atoms. The number of rotatable bonds is 5. The largest absolute Gasteiger partial charge is 0.371 e. The molecule has 2 heterocycles. The molecule has 0 atom stereocenters. The lowest BCUT2D eigenvalue weighted by atomic mass is 9.91. The van der Waals surface area contributed by atoms with Crippen molar-refractivity contribution in [2.75, 3.05) is 18.0 Å². The van der Waals surface area contributed by atoms with Gasteiger partial charge in [-0.2, -0.15) is 0 Å². The van der Waals surface area contributed by atoms with Crippen LogP contribution in [0, 0.1) is 18.7 Å². The number of anilines is 1. The molecule has 2 aromatic carbocycles. The Labute approximate surface area is 158 Å². The van der Waals surface area contributed by atoms with Gasteiger partial charge in [0.05, 0.1) is 0 Å². The number of hydrogen-bond donors (Lipinski definition) is 0. The molecule has 1 aromatic heterocycles. The molecule has 1 saturated heterocycles. The van der Waals surface area contributed by atoms with Crippen LogP contribution in [-0.4, -0.2) is 23.9 Å². The summed E-state index contributed by atoms with van der Waals surface area (Å²) in [6.07, 6.45) is 2.21. The first-order valence-corrected chi connectivity index (χ1v) is 9.16. The third-order valence-electron chi connectivity index (χ3n) is 5.08. The van der Waals surface area contributed by atoms with E-state index < -0.39 is 0 Å². The highest BCUT2D eigenvalue weighted by Crippen LogP contribution is 2.30. The number of nitrogens with zero attached hydrogens (tertiary/aromatic N) is 2. The van der Waals surface area contributed by atoms with E-state index in [-0.39, 0.29) is 11.6 Å². The van der Waals surface area contributed by atoms with E-state index in [1.54, 1.807) is 18.3 Å². The van der Waals surface area contributed by atoms with Crippen LogP contribution in [0.3, 0.4) is 0 Å². The van der Waals surface area contributed by atoms with Crippen LogP contribution in [0.15, 0.2) is 66.9 Å². The quantitative estimate of drug-likeness (QED) is 0.607. The summed E-state index contributed by atoms with van der Waals surface area (Å²) in [7, 11) is 0. The third-order valence-corrected chi connectivity index (χ3v) is 5.08. The Balaban J connectivity index is 1.35. The molecular weight excluding hydrogens is 339 g/mol. The Bertz CT molecular complexity index is 945. The summed E-state index contributed by atoms with van der Waals surface area (Å²) in [5.41, 5.74) is 4.20. The lowest BCUT2D eigenvalue weighted by Crippen LogP contribution is -2.47. The lowest BCUT2D eigenvalue weighted by molar-refractivity contribution is 0.0953. The topological polar surface area (TPSA) is 33.2 Å². The smallest absolute Gasteiger partial charge is 0.164 e. The van der Waals surface area contributed by atoms with E-state index in [1.165, 1.54) is 6.07 Å². The van der Waals surface area contributed by atoms with Crippen molar-refractivity contribution in [1.29, 1.82) is 0 Å². The van der Waals surface area contributed by atoms with Gasteiger partial charge in [0.15, 0.2) is 5.78 Å². The van der Waals surface area contributed by atoms with Crippen LogP contribution in [0.25, 0.3) is 11.1 Å². The van der Waals surface area contributed by atoms with Crippen LogP contribution >= 0.6 is 0 Å². The fourth-order valence-corrected chi connectivity index (χ4v) is 3.47. The van der Waals surface area contributed by atoms with Gasteiger partial charge in [-0.3, -0.25) is 9.78 Å². The molecule has 1 fully saturated rings. The molecule has 0 N–H and O–H groups in total. The minimum atomic E-state index is -0.210. The van der Waals surface area contributed by atoms with Crippen molar-refractivity contribution in [3.63, 3.8) is 0 Å². The number of pyridine rings is 1. The van der Waals surface area contributed by atoms with Gasteiger partial charge in [0.1, 0.15) is 5.82 Å². The van der Waals surface area contributed by atoms with Gasteiger partial charge in [-0.25, -0.2) is 4.39 Å². The van der Waals surface area contributed by atoms with Gasteiger partial charge in [0.2, 0.25) is 0 Å². The van der Waals surface area contributed by atoms with Crippen LogP contribution in [0.1, 0.15) is 22.5 Å². The second-order valence-corrected chi connectivity index (χ2v) is 7.11. The molecule has 136 valence electrons. The zero-order valence-electron chi connectivity index (χ0n) is 15.2. The average molecular weight is 360 g/mol. The molecule has 4 rings (SSSR count). The van der Waals surface area contributed by atoms with Crippen molar-refractivity contribution in [3.8, 4) is 11.1 Å². The van der Waals surface area contributed by atoms with Crippen LogP contribution in [0.2, 0.25) is 0 Å². The number of benzene rings is 2. The predicted octanol–water partition coefficient (Wildman–Crippen LogP) is 4.91. The van der Waals surface area contributed by atoms with Crippen molar-refractivity contribution in [3.05, 3.63) is 83.9 Å².